The van der Waals surface area contributed by atoms with Crippen LogP contribution in [0.25, 0.3) is 0 Å². The summed E-state index contributed by atoms with van der Waals surface area (Å²) in [5, 5.41) is 180. The van der Waals surface area contributed by atoms with Crippen LogP contribution in [0.1, 0.15) is 64.2 Å². The molecule has 29 atom stereocenters. The van der Waals surface area contributed by atoms with Crippen molar-refractivity contribution < 1.29 is 139 Å². The van der Waals surface area contributed by atoms with Gasteiger partial charge in [0.25, 0.3) is 0 Å². The maximum absolute atomic E-state index is 13.2. The number of hydrogen-bond donors (Lipinski definition) is 17. The van der Waals surface area contributed by atoms with Crippen molar-refractivity contribution in [3.63, 3.8) is 0 Å². The monoisotopic (exact) mass is 1100 g/mol. The van der Waals surface area contributed by atoms with Crippen molar-refractivity contribution in [1.82, 2.24) is 0 Å². The molecule has 0 aromatic rings. The minimum absolute atomic E-state index is 0.00388. The molecule has 0 radical (unpaired) electrons. The molecule has 0 spiro atoms. The zero-order valence-electron chi connectivity index (χ0n) is 41.6. The van der Waals surface area contributed by atoms with E-state index in [4.69, 9.17) is 47.4 Å². The van der Waals surface area contributed by atoms with E-state index in [0.29, 0.717) is 32.1 Å². The van der Waals surface area contributed by atoms with Crippen molar-refractivity contribution >= 4 is 5.97 Å². The van der Waals surface area contributed by atoms with E-state index in [1.54, 1.807) is 0 Å². The van der Waals surface area contributed by atoms with Crippen molar-refractivity contribution in [3.05, 3.63) is 12.2 Å². The van der Waals surface area contributed by atoms with Gasteiger partial charge in [-0.2, -0.15) is 0 Å². The van der Waals surface area contributed by atoms with Gasteiger partial charge in [0.2, 0.25) is 0 Å². The smallest absolute Gasteiger partial charge is 0.330 e. The third kappa shape index (κ3) is 13.4. The lowest BCUT2D eigenvalue weighted by Crippen LogP contribution is -2.66. The van der Waals surface area contributed by atoms with Crippen LogP contribution < -0.4 is 0 Å². The molecule has 8 rings (SSSR count). The molecule has 76 heavy (non-hydrogen) atoms. The van der Waals surface area contributed by atoms with Crippen LogP contribution in [-0.4, -0.2) is 296 Å². The normalized spacial score (nSPS) is 51.5. The topological polar surface area (TPSA) is 457 Å². The first-order valence-electron chi connectivity index (χ1n) is 26.4. The SMILES string of the molecule is O=C(C=CC1CCC(O[C@@H]2O[C@H](CO)[C@@H](O)[C@H](O)[C@H]2O)C(O)C1)OC[C@H]1O[C@@H](OC2CC3C(O[C@@H]4O[C@H](CO)[C@@H](O)[C@H](O)[C@H]4O)CC(O)CC3[OH+]C2C2CCC(O)CC2)[C@H](O[C@@H]2O[C@H](CO)[C@@H](O)[C@H](O)[C@H]2O)[C@@H](O)[C@@H]1O. The summed E-state index contributed by atoms with van der Waals surface area (Å²) in [6.07, 6.45) is -34.9. The number of rotatable bonds is 16. The van der Waals surface area contributed by atoms with E-state index < -0.39 is 210 Å². The predicted octanol–water partition coefficient (Wildman–Crippen LogP) is -8.38. The van der Waals surface area contributed by atoms with Gasteiger partial charge in [0.1, 0.15) is 110 Å². The highest BCUT2D eigenvalue weighted by Gasteiger charge is 2.58. The fourth-order valence-corrected chi connectivity index (χ4v) is 12.0. The average Bonchev–Trinajstić information content (AvgIpc) is 3.40. The molecule has 5 aliphatic heterocycles. The summed E-state index contributed by atoms with van der Waals surface area (Å²) in [7, 11) is 0. The lowest BCUT2D eigenvalue weighted by atomic mass is 9.73. The summed E-state index contributed by atoms with van der Waals surface area (Å²) in [6, 6.07) is 0. The minimum atomic E-state index is -1.98. The maximum Gasteiger partial charge on any atom is 0.330 e. The van der Waals surface area contributed by atoms with Gasteiger partial charge < -0.3 is 134 Å². The van der Waals surface area contributed by atoms with Gasteiger partial charge in [0.05, 0.1) is 56.3 Å². The number of hydrogen-bond acceptors (Lipinski definition) is 27. The summed E-state index contributed by atoms with van der Waals surface area (Å²) in [4.78, 5) is 13.2. The van der Waals surface area contributed by atoms with Gasteiger partial charge in [-0.15, -0.1) is 0 Å². The molecule has 3 aliphatic carbocycles. The molecule has 0 amide bonds. The van der Waals surface area contributed by atoms with E-state index in [2.05, 4.69) is 0 Å². The Kier molecular flexibility index (Phi) is 20.9. The summed E-state index contributed by atoms with van der Waals surface area (Å²) >= 11 is 0. The fraction of sp³-hybridized carbons (Fsp3) is 0.938. The molecule has 8 aliphatic rings. The largest absolute Gasteiger partial charge is 0.460 e. The molecule has 9 unspecified atom stereocenters. The highest BCUT2D eigenvalue weighted by Crippen LogP contribution is 2.44. The summed E-state index contributed by atoms with van der Waals surface area (Å²) < 4.78 is 58.4. The van der Waals surface area contributed by atoms with E-state index in [1.165, 1.54) is 6.08 Å². The van der Waals surface area contributed by atoms with E-state index >= 15 is 0 Å². The van der Waals surface area contributed by atoms with Gasteiger partial charge in [0, 0.05) is 24.8 Å². The van der Waals surface area contributed by atoms with Gasteiger partial charge in [-0.25, -0.2) is 4.79 Å². The van der Waals surface area contributed by atoms with Crippen LogP contribution in [0.3, 0.4) is 0 Å². The summed E-state index contributed by atoms with van der Waals surface area (Å²) in [6.45, 7) is -2.90. The van der Waals surface area contributed by atoms with Gasteiger partial charge >= 0.3 is 5.97 Å². The first-order chi connectivity index (χ1) is 36.2. The second kappa shape index (κ2) is 26.4. The number of carbonyl (C=O) groups is 1. The molecule has 0 aromatic heterocycles. The van der Waals surface area contributed by atoms with Crippen LogP contribution in [0.4, 0.5) is 0 Å². The van der Waals surface area contributed by atoms with Gasteiger partial charge in [-0.1, -0.05) is 6.08 Å². The van der Waals surface area contributed by atoms with Crippen molar-refractivity contribution in [2.24, 2.45) is 17.8 Å². The van der Waals surface area contributed by atoms with Gasteiger partial charge in [-0.3, -0.25) is 0 Å². The maximum atomic E-state index is 13.2. The summed E-state index contributed by atoms with van der Waals surface area (Å²) in [5.74, 6) is -2.12. The number of fused-ring (bicyclic) bond motifs is 1. The second-order valence-electron chi connectivity index (χ2n) is 21.7. The quantitative estimate of drug-likeness (QED) is 0.0388. The van der Waals surface area contributed by atoms with Crippen LogP contribution in [0.2, 0.25) is 0 Å². The molecular weight excluding hydrogens is 1020 g/mol. The Hall–Kier alpha value is -1.83. The van der Waals surface area contributed by atoms with Crippen molar-refractivity contribution in [2.45, 2.75) is 236 Å². The standard InChI is InChI=1S/C48H78O28/c49-13-27-32(56)36(60)40(64)45(72-27)69-23-7-1-17(9-22(23)54)2-8-31(55)67-16-30-35(59)39(63)44(76-47-42(66)38(62)34(58)29(15-51)74-47)48(75-30)71-26-12-21-24(68-43(26)18-3-5-19(52)6-4-18)10-20(53)11-25(21)70-46-41(65)37(61)33(57)28(14-50)73-46/h2,8,17-30,32-54,56-66H,1,3-7,9-16H2/p+1/t17?,18?,19?,20?,21?,22?,23?,24?,25?,26?,27-,28-,29-,30-,32-,33-,34-,35-,36+,37+,38+,39+,40-,41-,42-,43?,44-,45-,46-,47+,48-/m1/s1. The van der Waals surface area contributed by atoms with Crippen LogP contribution in [0.5, 0.6) is 0 Å². The zero-order chi connectivity index (χ0) is 54.9. The van der Waals surface area contributed by atoms with Crippen LogP contribution >= 0.6 is 0 Å². The van der Waals surface area contributed by atoms with Gasteiger partial charge in [-0.05, 0) is 57.3 Å². The highest BCUT2D eigenvalue weighted by molar-refractivity contribution is 5.81. The van der Waals surface area contributed by atoms with E-state index in [1.807, 2.05) is 0 Å². The molecule has 0 bridgehead atoms. The van der Waals surface area contributed by atoms with Crippen molar-refractivity contribution in [1.29, 1.82) is 0 Å². The predicted molar refractivity (Wildman–Crippen MR) is 246 cm³/mol. The number of allylic oxidation sites excluding steroid dienone is 1. The highest BCUT2D eigenvalue weighted by atomic mass is 16.8. The molecule has 3 saturated carbocycles. The Bertz CT molecular complexity index is 1840. The Morgan fingerprint density at radius 2 is 0.974 bits per heavy atom. The third-order valence-corrected chi connectivity index (χ3v) is 16.6. The Balaban J connectivity index is 0.982. The molecule has 438 valence electrons. The first-order valence-corrected chi connectivity index (χ1v) is 26.4. The van der Waals surface area contributed by atoms with Crippen molar-refractivity contribution in [3.8, 4) is 0 Å². The molecule has 18 N–H and O–H groups in total. The summed E-state index contributed by atoms with van der Waals surface area (Å²) in [5.41, 5.74) is 0. The fourth-order valence-electron chi connectivity index (χ4n) is 12.0. The number of carbonyl (C=O) groups excluding carboxylic acids is 1. The van der Waals surface area contributed by atoms with E-state index in [-0.39, 0.29) is 43.9 Å². The lowest BCUT2D eigenvalue weighted by Gasteiger charge is -2.50. The second-order valence-corrected chi connectivity index (χ2v) is 21.7. The van der Waals surface area contributed by atoms with Crippen molar-refractivity contribution in [2.75, 3.05) is 26.4 Å². The average molecular weight is 1100 g/mol. The molecule has 0 aromatic carbocycles. The Labute approximate surface area is 436 Å². The van der Waals surface area contributed by atoms with E-state index in [0.717, 1.165) is 6.08 Å². The number of aliphatic hydroxyl groups is 19. The zero-order valence-corrected chi connectivity index (χ0v) is 41.6. The third-order valence-electron chi connectivity index (χ3n) is 16.6. The van der Waals surface area contributed by atoms with Crippen LogP contribution in [0, 0.1) is 17.8 Å². The molecular formula is C48H79O28+. The first kappa shape index (κ1) is 60.3. The van der Waals surface area contributed by atoms with Crippen LogP contribution in [-0.2, 0) is 47.4 Å². The molecule has 28 heteroatoms. The van der Waals surface area contributed by atoms with Gasteiger partial charge in [0.15, 0.2) is 37.4 Å². The number of esters is 1. The van der Waals surface area contributed by atoms with Crippen LogP contribution in [0.15, 0.2) is 12.2 Å². The van der Waals surface area contributed by atoms with E-state index in [9.17, 15) is 91.6 Å². The Morgan fingerprint density at radius 1 is 0.474 bits per heavy atom. The molecule has 5 heterocycles. The number of ether oxygens (including phenoxy) is 10. The molecule has 28 nitrogen and oxygen atoms in total. The number of aliphatic hydroxyl groups excluding tert-OH is 17. The molecule has 5 saturated heterocycles. The Morgan fingerprint density at radius 3 is 1.51 bits per heavy atom. The lowest BCUT2D eigenvalue weighted by molar-refractivity contribution is -0.389. The molecule has 8 fully saturated rings. The minimum Gasteiger partial charge on any atom is -0.460 e.